The molecule has 0 saturated carbocycles. The summed E-state index contributed by atoms with van der Waals surface area (Å²) in [5, 5.41) is 7.12. The Hall–Kier alpha value is -2.76. The summed E-state index contributed by atoms with van der Waals surface area (Å²) in [5.74, 6) is 1.99. The first kappa shape index (κ1) is 21.5. The van der Waals surface area contributed by atoms with E-state index in [1.54, 1.807) is 0 Å². The summed E-state index contributed by atoms with van der Waals surface area (Å²) in [6, 6.07) is 15.5. The van der Waals surface area contributed by atoms with Crippen LogP contribution < -0.4 is 20.4 Å². The smallest absolute Gasteiger partial charge is 0.191 e. The predicted molar refractivity (Wildman–Crippen MR) is 130 cm³/mol. The van der Waals surface area contributed by atoms with E-state index < -0.39 is 0 Å². The summed E-state index contributed by atoms with van der Waals surface area (Å²) in [4.78, 5) is 14.0. The third kappa shape index (κ3) is 6.12. The molecule has 0 amide bonds. The zero-order chi connectivity index (χ0) is 21.3. The first-order valence-corrected chi connectivity index (χ1v) is 11.8. The molecular weight excluding hydrogens is 384 g/mol. The van der Waals surface area contributed by atoms with Crippen LogP contribution in [0.5, 0.6) is 0 Å². The van der Waals surface area contributed by atoms with Crippen molar-refractivity contribution >= 4 is 17.5 Å². The molecule has 2 aromatic rings. The Labute approximate surface area is 186 Å². The molecule has 0 radical (unpaired) electrons. The number of para-hydroxylation sites is 1. The molecular formula is C25H36N6. The van der Waals surface area contributed by atoms with Crippen LogP contribution in [0.1, 0.15) is 44.1 Å². The number of aromatic nitrogens is 1. The highest BCUT2D eigenvalue weighted by molar-refractivity contribution is 5.80. The number of aliphatic imine (C=N–C) groups is 1. The Kier molecular flexibility index (Phi) is 7.64. The van der Waals surface area contributed by atoms with Crippen molar-refractivity contribution in [3.05, 3.63) is 54.2 Å². The summed E-state index contributed by atoms with van der Waals surface area (Å²) >= 11 is 0. The SMILES string of the molecule is CN=C(NCc1ccnc(N2CCCCCC2)c1)NC1CCN(c2ccccc2)CC1. The monoisotopic (exact) mass is 420 g/mol. The van der Waals surface area contributed by atoms with E-state index in [0.29, 0.717) is 6.04 Å². The molecule has 0 aliphatic carbocycles. The number of hydrogen-bond acceptors (Lipinski definition) is 4. The Morgan fingerprint density at radius 1 is 0.968 bits per heavy atom. The van der Waals surface area contributed by atoms with Gasteiger partial charge in [-0.05, 0) is 55.5 Å². The highest BCUT2D eigenvalue weighted by atomic mass is 15.2. The van der Waals surface area contributed by atoms with Gasteiger partial charge in [-0.2, -0.15) is 0 Å². The normalized spacial score (nSPS) is 18.5. The number of nitrogens with zero attached hydrogens (tertiary/aromatic N) is 4. The molecule has 166 valence electrons. The zero-order valence-electron chi connectivity index (χ0n) is 18.8. The van der Waals surface area contributed by atoms with Crippen LogP contribution in [0, 0.1) is 0 Å². The average molecular weight is 421 g/mol. The number of pyridine rings is 1. The Bertz CT molecular complexity index is 821. The van der Waals surface area contributed by atoms with Crippen LogP contribution in [0.3, 0.4) is 0 Å². The van der Waals surface area contributed by atoms with E-state index in [0.717, 1.165) is 57.3 Å². The quantitative estimate of drug-likeness (QED) is 0.569. The van der Waals surface area contributed by atoms with Crippen molar-refractivity contribution in [3.63, 3.8) is 0 Å². The standard InChI is InChI=1S/C25H36N6/c1-26-25(29-22-12-17-30(18-13-22)23-9-5-4-6-10-23)28-20-21-11-14-27-24(19-21)31-15-7-2-3-8-16-31/h4-6,9-11,14,19,22H,2-3,7-8,12-13,15-18,20H2,1H3,(H2,26,28,29). The maximum atomic E-state index is 4.63. The minimum absolute atomic E-state index is 0.455. The fourth-order valence-electron chi connectivity index (χ4n) is 4.54. The number of rotatable bonds is 5. The number of benzene rings is 1. The molecule has 3 heterocycles. The van der Waals surface area contributed by atoms with Gasteiger partial charge in [-0.15, -0.1) is 0 Å². The molecule has 6 nitrogen and oxygen atoms in total. The molecule has 6 heteroatoms. The molecule has 0 atom stereocenters. The Morgan fingerprint density at radius 3 is 2.42 bits per heavy atom. The lowest BCUT2D eigenvalue weighted by Gasteiger charge is -2.34. The summed E-state index contributed by atoms with van der Waals surface area (Å²) in [5.41, 5.74) is 2.57. The first-order valence-electron chi connectivity index (χ1n) is 11.8. The van der Waals surface area contributed by atoms with Crippen molar-refractivity contribution in [3.8, 4) is 0 Å². The molecule has 1 aromatic carbocycles. The average Bonchev–Trinajstić information content (AvgIpc) is 3.13. The van der Waals surface area contributed by atoms with Gasteiger partial charge in [-0.1, -0.05) is 31.0 Å². The molecule has 0 bridgehead atoms. The van der Waals surface area contributed by atoms with Crippen LogP contribution in [0.25, 0.3) is 0 Å². The maximum absolute atomic E-state index is 4.63. The minimum atomic E-state index is 0.455. The molecule has 2 N–H and O–H groups in total. The van der Waals surface area contributed by atoms with Crippen molar-refractivity contribution in [2.75, 3.05) is 43.0 Å². The van der Waals surface area contributed by atoms with Gasteiger partial charge >= 0.3 is 0 Å². The van der Waals surface area contributed by atoms with Gasteiger partial charge in [0.1, 0.15) is 5.82 Å². The topological polar surface area (TPSA) is 55.8 Å². The fraction of sp³-hybridized carbons (Fsp3) is 0.520. The molecule has 31 heavy (non-hydrogen) atoms. The highest BCUT2D eigenvalue weighted by Gasteiger charge is 2.20. The Balaban J connectivity index is 1.26. The second-order valence-electron chi connectivity index (χ2n) is 8.59. The second kappa shape index (κ2) is 11.0. The summed E-state index contributed by atoms with van der Waals surface area (Å²) in [6.45, 7) is 5.14. The lowest BCUT2D eigenvalue weighted by molar-refractivity contribution is 0.461. The van der Waals surface area contributed by atoms with Gasteiger partial charge in [-0.3, -0.25) is 4.99 Å². The predicted octanol–water partition coefficient (Wildman–Crippen LogP) is 3.80. The van der Waals surface area contributed by atoms with E-state index in [9.17, 15) is 0 Å². The van der Waals surface area contributed by atoms with E-state index in [1.165, 1.54) is 36.9 Å². The van der Waals surface area contributed by atoms with Crippen LogP contribution in [-0.4, -0.2) is 50.2 Å². The van der Waals surface area contributed by atoms with Gasteiger partial charge in [-0.25, -0.2) is 4.98 Å². The molecule has 0 unspecified atom stereocenters. The van der Waals surface area contributed by atoms with Crippen molar-refractivity contribution in [2.45, 2.75) is 51.1 Å². The van der Waals surface area contributed by atoms with Crippen molar-refractivity contribution in [1.82, 2.24) is 15.6 Å². The number of anilines is 2. The van der Waals surface area contributed by atoms with Crippen molar-refractivity contribution in [1.29, 1.82) is 0 Å². The Morgan fingerprint density at radius 2 is 1.71 bits per heavy atom. The van der Waals surface area contributed by atoms with Gasteiger partial charge in [0.2, 0.25) is 0 Å². The van der Waals surface area contributed by atoms with E-state index in [4.69, 9.17) is 0 Å². The minimum Gasteiger partial charge on any atom is -0.371 e. The molecule has 2 saturated heterocycles. The van der Waals surface area contributed by atoms with Gasteiger partial charge in [0.15, 0.2) is 5.96 Å². The van der Waals surface area contributed by atoms with Crippen LogP contribution in [0.2, 0.25) is 0 Å². The van der Waals surface area contributed by atoms with E-state index in [1.807, 2.05) is 13.2 Å². The van der Waals surface area contributed by atoms with Crippen molar-refractivity contribution in [2.24, 2.45) is 4.99 Å². The molecule has 0 spiro atoms. The lowest BCUT2D eigenvalue weighted by atomic mass is 10.0. The molecule has 2 aliphatic rings. The molecule has 4 rings (SSSR count). The number of nitrogens with one attached hydrogen (secondary N) is 2. The zero-order valence-corrected chi connectivity index (χ0v) is 18.8. The van der Waals surface area contributed by atoms with Crippen LogP contribution >= 0.6 is 0 Å². The first-order chi connectivity index (χ1) is 15.3. The fourth-order valence-corrected chi connectivity index (χ4v) is 4.54. The van der Waals surface area contributed by atoms with E-state index >= 15 is 0 Å². The largest absolute Gasteiger partial charge is 0.371 e. The van der Waals surface area contributed by atoms with Crippen molar-refractivity contribution < 1.29 is 0 Å². The van der Waals surface area contributed by atoms with Gasteiger partial charge < -0.3 is 20.4 Å². The third-order valence-corrected chi connectivity index (χ3v) is 6.38. The van der Waals surface area contributed by atoms with E-state index in [2.05, 4.69) is 72.9 Å². The van der Waals surface area contributed by atoms with E-state index in [-0.39, 0.29) is 0 Å². The second-order valence-corrected chi connectivity index (χ2v) is 8.59. The number of piperidine rings is 1. The van der Waals surface area contributed by atoms with Crippen LogP contribution in [-0.2, 0) is 6.54 Å². The molecule has 2 fully saturated rings. The van der Waals surface area contributed by atoms with Gasteiger partial charge in [0.05, 0.1) is 0 Å². The lowest BCUT2D eigenvalue weighted by Crippen LogP contribution is -2.48. The number of hydrogen-bond donors (Lipinski definition) is 2. The summed E-state index contributed by atoms with van der Waals surface area (Å²) < 4.78 is 0. The summed E-state index contributed by atoms with van der Waals surface area (Å²) in [7, 11) is 1.85. The summed E-state index contributed by atoms with van der Waals surface area (Å²) in [6.07, 6.45) is 9.38. The highest BCUT2D eigenvalue weighted by Crippen LogP contribution is 2.20. The number of guanidine groups is 1. The maximum Gasteiger partial charge on any atom is 0.191 e. The molecule has 2 aliphatic heterocycles. The third-order valence-electron chi connectivity index (χ3n) is 6.38. The van der Waals surface area contributed by atoms with Gasteiger partial charge in [0, 0.05) is 57.7 Å². The molecule has 1 aromatic heterocycles. The van der Waals surface area contributed by atoms with Crippen LogP contribution in [0.15, 0.2) is 53.7 Å². The van der Waals surface area contributed by atoms with Gasteiger partial charge in [0.25, 0.3) is 0 Å². The van der Waals surface area contributed by atoms with Crippen LogP contribution in [0.4, 0.5) is 11.5 Å².